The molecule has 0 radical (unpaired) electrons. The van der Waals surface area contributed by atoms with Crippen molar-refractivity contribution >= 4 is 45.6 Å². The maximum atomic E-state index is 13.5. The molecule has 0 fully saturated rings. The van der Waals surface area contributed by atoms with E-state index in [1.165, 1.54) is 11.3 Å². The zero-order valence-electron chi connectivity index (χ0n) is 17.5. The van der Waals surface area contributed by atoms with Gasteiger partial charge in [-0.25, -0.2) is 0 Å². The number of Topliss-reactive ketones (excluding diaryl/α,β-unsaturated/α-hetero) is 1. The number of hydrogen-bond donors (Lipinski definition) is 2. The molecule has 0 unspecified atom stereocenters. The van der Waals surface area contributed by atoms with Crippen LogP contribution in [0.4, 0.5) is 10.8 Å². The number of para-hydroxylation sites is 1. The number of nitrogens with zero attached hydrogens (tertiary/aromatic N) is 4. The lowest BCUT2D eigenvalue weighted by molar-refractivity contribution is -0.122. The van der Waals surface area contributed by atoms with Gasteiger partial charge in [0.2, 0.25) is 11.0 Å². The second-order valence-electron chi connectivity index (χ2n) is 8.07. The molecule has 0 saturated heterocycles. The van der Waals surface area contributed by atoms with Gasteiger partial charge >= 0.3 is 0 Å². The summed E-state index contributed by atoms with van der Waals surface area (Å²) in [6.07, 6.45) is 1.49. The summed E-state index contributed by atoms with van der Waals surface area (Å²) in [6.45, 7) is 4.13. The third-order valence-corrected chi connectivity index (χ3v) is 7.85. The van der Waals surface area contributed by atoms with E-state index in [-0.39, 0.29) is 17.2 Å². The van der Waals surface area contributed by atoms with Crippen LogP contribution < -0.4 is 16.0 Å². The zero-order chi connectivity index (χ0) is 22.6. The van der Waals surface area contributed by atoms with E-state index < -0.39 is 11.3 Å². The average Bonchev–Trinajstić information content (AvgIpc) is 3.31. The van der Waals surface area contributed by atoms with Gasteiger partial charge in [0.05, 0.1) is 5.57 Å². The predicted octanol–water partition coefficient (Wildman–Crippen LogP) is 3.45. The third kappa shape index (κ3) is 2.74. The number of ketones is 1. The van der Waals surface area contributed by atoms with E-state index in [9.17, 15) is 14.9 Å². The van der Waals surface area contributed by atoms with Gasteiger partial charge in [-0.05, 0) is 18.9 Å². The second kappa shape index (κ2) is 7.46. The summed E-state index contributed by atoms with van der Waals surface area (Å²) in [5.41, 5.74) is 7.21. The van der Waals surface area contributed by atoms with E-state index in [4.69, 9.17) is 5.73 Å². The Hall–Kier alpha value is -3.16. The minimum absolute atomic E-state index is 0.0437. The lowest BCUT2D eigenvalue weighted by Crippen LogP contribution is -2.50. The van der Waals surface area contributed by atoms with Gasteiger partial charge in [-0.2, -0.15) is 5.26 Å². The van der Waals surface area contributed by atoms with Gasteiger partial charge in [0.15, 0.2) is 10.1 Å². The van der Waals surface area contributed by atoms with Crippen molar-refractivity contribution in [1.82, 2.24) is 10.2 Å². The Kier molecular flexibility index (Phi) is 4.83. The molecule has 3 aliphatic rings. The molecule has 1 aromatic heterocycles. The van der Waals surface area contributed by atoms with Crippen molar-refractivity contribution in [1.29, 1.82) is 5.26 Å². The summed E-state index contributed by atoms with van der Waals surface area (Å²) in [4.78, 5) is 28.5. The lowest BCUT2D eigenvalue weighted by atomic mass is 9.64. The number of carbonyl (C=O) groups is 2. The normalized spacial score (nSPS) is 22.4. The fourth-order valence-corrected chi connectivity index (χ4v) is 6.81. The number of carbonyl (C=O) groups excluding carboxylic acids is 2. The number of thioether (sulfide) groups is 1. The van der Waals surface area contributed by atoms with E-state index in [0.717, 1.165) is 4.34 Å². The predicted molar refractivity (Wildman–Crippen MR) is 123 cm³/mol. The number of nitrogens with two attached hydrogens (primary N) is 1. The number of benzene rings is 1. The number of amides is 1. The largest absolute Gasteiger partial charge is 0.384 e. The van der Waals surface area contributed by atoms with E-state index in [1.807, 2.05) is 0 Å². The standard InChI is InChI=1S/C22H20N6O2S2/c1-11(2)31-21-27-26-20(32-21)28-15-8-5-9-16(29)17(15)22(13(10-23)18(28)24)12-6-3-4-7-14(12)25-19(22)30/h3-4,6-7,11H,5,8-9,24H2,1-2H3,(H,25,30)/t22-/m1/s1. The van der Waals surface area contributed by atoms with Crippen molar-refractivity contribution in [2.75, 3.05) is 10.2 Å². The minimum Gasteiger partial charge on any atom is -0.384 e. The Bertz CT molecular complexity index is 1270. The Labute approximate surface area is 193 Å². The summed E-state index contributed by atoms with van der Waals surface area (Å²) < 4.78 is 0.773. The van der Waals surface area contributed by atoms with Crippen molar-refractivity contribution in [3.8, 4) is 6.07 Å². The number of nitriles is 1. The average molecular weight is 465 g/mol. The van der Waals surface area contributed by atoms with Gasteiger partial charge in [-0.3, -0.25) is 14.5 Å². The molecule has 8 nitrogen and oxygen atoms in total. The van der Waals surface area contributed by atoms with Crippen LogP contribution in [0.15, 0.2) is 51.3 Å². The topological polar surface area (TPSA) is 125 Å². The molecule has 162 valence electrons. The SMILES string of the molecule is CC(C)Sc1nnc(N2C(N)=C(C#N)[C@@]3(C(=O)Nc4ccccc43)C3=C2CCCC3=O)s1. The molecular weight excluding hydrogens is 444 g/mol. The van der Waals surface area contributed by atoms with Crippen molar-refractivity contribution in [2.24, 2.45) is 5.73 Å². The highest BCUT2D eigenvalue weighted by Gasteiger charge is 2.60. The lowest BCUT2D eigenvalue weighted by Gasteiger charge is -2.42. The number of allylic oxidation sites excluding steroid dienone is 1. The maximum Gasteiger partial charge on any atom is 0.245 e. The molecule has 2 aromatic rings. The monoisotopic (exact) mass is 464 g/mol. The molecule has 1 spiro atoms. The maximum absolute atomic E-state index is 13.5. The van der Waals surface area contributed by atoms with Crippen LogP contribution in [0.3, 0.4) is 0 Å². The van der Waals surface area contributed by atoms with Gasteiger partial charge in [0.1, 0.15) is 17.3 Å². The summed E-state index contributed by atoms with van der Waals surface area (Å²) in [7, 11) is 0. The first kappa shape index (κ1) is 20.7. The number of fused-ring (bicyclic) bond motifs is 3. The van der Waals surface area contributed by atoms with Gasteiger partial charge in [0.25, 0.3) is 0 Å². The summed E-state index contributed by atoms with van der Waals surface area (Å²) in [6, 6.07) is 9.32. The molecule has 3 N–H and O–H groups in total. The molecule has 5 rings (SSSR count). The van der Waals surface area contributed by atoms with Crippen LogP contribution in [0.1, 0.15) is 38.7 Å². The van der Waals surface area contributed by atoms with Crippen LogP contribution in [0.5, 0.6) is 0 Å². The Balaban J connectivity index is 1.79. The first-order valence-corrected chi connectivity index (χ1v) is 12.0. The van der Waals surface area contributed by atoms with Crippen LogP contribution >= 0.6 is 23.1 Å². The quantitative estimate of drug-likeness (QED) is 0.662. The van der Waals surface area contributed by atoms with Gasteiger partial charge in [-0.1, -0.05) is 55.1 Å². The van der Waals surface area contributed by atoms with Crippen molar-refractivity contribution in [2.45, 2.75) is 48.1 Å². The van der Waals surface area contributed by atoms with Crippen LogP contribution in [0, 0.1) is 11.3 Å². The zero-order valence-corrected chi connectivity index (χ0v) is 19.1. The third-order valence-electron chi connectivity index (χ3n) is 5.86. The van der Waals surface area contributed by atoms with Crippen molar-refractivity contribution < 1.29 is 9.59 Å². The minimum atomic E-state index is -1.54. The van der Waals surface area contributed by atoms with Crippen LogP contribution in [0.2, 0.25) is 0 Å². The number of hydrogen-bond acceptors (Lipinski definition) is 9. The molecule has 1 amide bonds. The Morgan fingerprint density at radius 1 is 1.28 bits per heavy atom. The highest BCUT2D eigenvalue weighted by molar-refractivity contribution is 8.01. The summed E-state index contributed by atoms with van der Waals surface area (Å²) in [5.74, 6) is -0.455. The van der Waals surface area contributed by atoms with E-state index >= 15 is 0 Å². The Morgan fingerprint density at radius 3 is 2.81 bits per heavy atom. The molecule has 0 bridgehead atoms. The first-order valence-electron chi connectivity index (χ1n) is 10.3. The molecule has 1 atom stereocenters. The molecule has 1 aliphatic carbocycles. The smallest absolute Gasteiger partial charge is 0.245 e. The van der Waals surface area contributed by atoms with Gasteiger partial charge in [-0.15, -0.1) is 10.2 Å². The molecular formula is C22H20N6O2S2. The van der Waals surface area contributed by atoms with Crippen LogP contribution in [-0.4, -0.2) is 27.1 Å². The molecule has 1 aromatic carbocycles. The Morgan fingerprint density at radius 2 is 2.06 bits per heavy atom. The highest BCUT2D eigenvalue weighted by atomic mass is 32.2. The number of rotatable bonds is 3. The number of anilines is 2. The number of nitrogens with one attached hydrogen (secondary N) is 1. The van der Waals surface area contributed by atoms with Crippen molar-refractivity contribution in [3.63, 3.8) is 0 Å². The fraction of sp³-hybridized carbons (Fsp3) is 0.318. The highest BCUT2D eigenvalue weighted by Crippen LogP contribution is 2.55. The van der Waals surface area contributed by atoms with E-state index in [1.54, 1.807) is 40.9 Å². The second-order valence-corrected chi connectivity index (χ2v) is 10.9. The molecule has 3 heterocycles. The van der Waals surface area contributed by atoms with Crippen LogP contribution in [0.25, 0.3) is 0 Å². The van der Waals surface area contributed by atoms with E-state index in [2.05, 4.69) is 35.4 Å². The van der Waals surface area contributed by atoms with E-state index in [0.29, 0.717) is 52.2 Å². The molecule has 10 heteroatoms. The first-order chi connectivity index (χ1) is 15.4. The molecule has 32 heavy (non-hydrogen) atoms. The van der Waals surface area contributed by atoms with Gasteiger partial charge in [0, 0.05) is 34.2 Å². The summed E-state index contributed by atoms with van der Waals surface area (Å²) >= 11 is 2.94. The van der Waals surface area contributed by atoms with Crippen LogP contribution in [-0.2, 0) is 15.0 Å². The molecule has 2 aliphatic heterocycles. The molecule has 0 saturated carbocycles. The van der Waals surface area contributed by atoms with Gasteiger partial charge < -0.3 is 11.1 Å². The summed E-state index contributed by atoms with van der Waals surface area (Å²) in [5, 5.41) is 22.5. The van der Waals surface area contributed by atoms with Crippen molar-refractivity contribution in [3.05, 3.63) is 52.5 Å². The fourth-order valence-electron chi connectivity index (χ4n) is 4.71. The number of aromatic nitrogens is 2.